The van der Waals surface area contributed by atoms with Crippen LogP contribution in [0.3, 0.4) is 0 Å². The third-order valence-electron chi connectivity index (χ3n) is 5.52. The summed E-state index contributed by atoms with van der Waals surface area (Å²) >= 11 is 0. The summed E-state index contributed by atoms with van der Waals surface area (Å²) in [6.07, 6.45) is 11.6. The van der Waals surface area contributed by atoms with Crippen LogP contribution in [0.1, 0.15) is 38.0 Å². The summed E-state index contributed by atoms with van der Waals surface area (Å²) < 4.78 is 7.71. The van der Waals surface area contributed by atoms with E-state index in [9.17, 15) is 0 Å². The molecule has 3 aromatic rings. The Hall–Kier alpha value is -2.21. The quantitative estimate of drug-likeness (QED) is 0.788. The maximum absolute atomic E-state index is 5.73. The van der Waals surface area contributed by atoms with E-state index in [0.717, 1.165) is 36.4 Å². The second kappa shape index (κ2) is 4.89. The first-order valence-corrected chi connectivity index (χ1v) is 8.35. The first-order valence-electron chi connectivity index (χ1n) is 8.35. The molecule has 4 heterocycles. The Labute approximate surface area is 133 Å². The Balaban J connectivity index is 1.54. The van der Waals surface area contributed by atoms with E-state index in [2.05, 4.69) is 15.5 Å². The molecule has 6 nitrogen and oxygen atoms in total. The third-order valence-corrected chi connectivity index (χ3v) is 5.52. The Kier molecular flexibility index (Phi) is 2.82. The summed E-state index contributed by atoms with van der Waals surface area (Å²) in [7, 11) is 0. The summed E-state index contributed by atoms with van der Waals surface area (Å²) in [6.45, 7) is 1.05. The van der Waals surface area contributed by atoms with Crippen molar-refractivity contribution in [3.8, 4) is 11.4 Å². The molecule has 0 unspecified atom stereocenters. The minimum Gasteiger partial charge on any atom is -0.338 e. The lowest BCUT2D eigenvalue weighted by Crippen LogP contribution is -2.43. The average Bonchev–Trinajstić information content (AvgIpc) is 3.32. The van der Waals surface area contributed by atoms with Crippen LogP contribution in [0.4, 0.5) is 0 Å². The molecular formula is C17H19N5O. The predicted molar refractivity (Wildman–Crippen MR) is 85.0 cm³/mol. The number of rotatable bonds is 2. The molecule has 2 aliphatic rings. The van der Waals surface area contributed by atoms with Crippen molar-refractivity contribution in [1.82, 2.24) is 24.8 Å². The maximum atomic E-state index is 5.73. The molecule has 2 fully saturated rings. The van der Waals surface area contributed by atoms with Crippen molar-refractivity contribution in [3.05, 3.63) is 36.7 Å². The monoisotopic (exact) mass is 309 g/mol. The summed E-state index contributed by atoms with van der Waals surface area (Å²) in [5, 5.41) is 7.89. The molecule has 6 heteroatoms. The van der Waals surface area contributed by atoms with Crippen molar-refractivity contribution in [3.63, 3.8) is 0 Å². The summed E-state index contributed by atoms with van der Waals surface area (Å²) in [4.78, 5) is 8.93. The molecule has 3 aromatic heterocycles. The molecule has 0 aromatic carbocycles. The molecule has 0 bridgehead atoms. The topological polar surface area (TPSA) is 68.2 Å². The molecule has 5 rings (SSSR count). The number of hydrogen-bond donors (Lipinski definition) is 1. The minimum absolute atomic E-state index is 0.0458. The average molecular weight is 309 g/mol. The molecule has 1 saturated heterocycles. The molecule has 0 radical (unpaired) electrons. The van der Waals surface area contributed by atoms with Crippen LogP contribution in [-0.2, 0) is 5.41 Å². The zero-order chi connectivity index (χ0) is 15.3. The first-order chi connectivity index (χ1) is 11.4. The van der Waals surface area contributed by atoms with E-state index in [1.165, 1.54) is 19.3 Å². The van der Waals surface area contributed by atoms with Gasteiger partial charge in [-0.3, -0.25) is 0 Å². The fourth-order valence-corrected chi connectivity index (χ4v) is 4.27. The van der Waals surface area contributed by atoms with Gasteiger partial charge in [0.15, 0.2) is 0 Å². The number of hydrogen-bond acceptors (Lipinski definition) is 5. The van der Waals surface area contributed by atoms with E-state index >= 15 is 0 Å². The number of pyridine rings is 1. The Morgan fingerprint density at radius 1 is 1.30 bits per heavy atom. The molecule has 118 valence electrons. The lowest BCUT2D eigenvalue weighted by Gasteiger charge is -2.35. The molecule has 1 saturated carbocycles. The molecule has 2 atom stereocenters. The van der Waals surface area contributed by atoms with Gasteiger partial charge in [0.25, 0.3) is 0 Å². The first kappa shape index (κ1) is 13.2. The van der Waals surface area contributed by atoms with E-state index in [4.69, 9.17) is 9.51 Å². The molecular weight excluding hydrogens is 290 g/mol. The lowest BCUT2D eigenvalue weighted by atomic mass is 9.70. The number of imidazole rings is 1. The van der Waals surface area contributed by atoms with E-state index in [1.807, 2.05) is 28.9 Å². The molecule has 0 spiro atoms. The summed E-state index contributed by atoms with van der Waals surface area (Å²) in [5.74, 6) is 1.49. The molecule has 23 heavy (non-hydrogen) atoms. The van der Waals surface area contributed by atoms with Crippen molar-refractivity contribution in [2.75, 3.05) is 6.54 Å². The van der Waals surface area contributed by atoms with Crippen LogP contribution >= 0.6 is 0 Å². The van der Waals surface area contributed by atoms with Crippen LogP contribution in [0, 0.1) is 0 Å². The number of nitrogens with one attached hydrogen (secondary N) is 1. The van der Waals surface area contributed by atoms with Gasteiger partial charge in [-0.1, -0.05) is 18.0 Å². The van der Waals surface area contributed by atoms with Crippen molar-refractivity contribution < 1.29 is 4.52 Å². The van der Waals surface area contributed by atoms with Crippen LogP contribution < -0.4 is 5.32 Å². The second-order valence-electron chi connectivity index (χ2n) is 6.72. The maximum Gasteiger partial charge on any atom is 0.234 e. The van der Waals surface area contributed by atoms with Crippen molar-refractivity contribution in [2.45, 2.75) is 43.6 Å². The number of nitrogens with zero attached hydrogens (tertiary/aromatic N) is 4. The van der Waals surface area contributed by atoms with Gasteiger partial charge in [-0.15, -0.1) is 0 Å². The lowest BCUT2D eigenvalue weighted by molar-refractivity contribution is 0.199. The van der Waals surface area contributed by atoms with Crippen molar-refractivity contribution in [2.24, 2.45) is 0 Å². The highest BCUT2D eigenvalue weighted by Crippen LogP contribution is 2.44. The van der Waals surface area contributed by atoms with E-state index in [0.29, 0.717) is 11.9 Å². The van der Waals surface area contributed by atoms with Gasteiger partial charge in [-0.05, 0) is 37.9 Å². The van der Waals surface area contributed by atoms with Gasteiger partial charge in [0, 0.05) is 17.8 Å². The van der Waals surface area contributed by atoms with E-state index < -0.39 is 0 Å². The highest BCUT2D eigenvalue weighted by atomic mass is 16.5. The molecule has 0 amide bonds. The summed E-state index contributed by atoms with van der Waals surface area (Å²) in [6, 6.07) is 4.54. The molecule has 1 N–H and O–H groups in total. The van der Waals surface area contributed by atoms with Gasteiger partial charge >= 0.3 is 0 Å². The van der Waals surface area contributed by atoms with Crippen LogP contribution in [0.2, 0.25) is 0 Å². The van der Waals surface area contributed by atoms with Crippen LogP contribution in [0.15, 0.2) is 35.4 Å². The Morgan fingerprint density at radius 2 is 2.30 bits per heavy atom. The standard InChI is InChI=1S/C17H19N5O/c1-2-5-17(6-7-19-14(17)3-1)16-20-15(21-23-16)12-4-8-22-11-18-10-13(22)9-12/h4,8-11,14,19H,1-3,5-7H2/t14-,17+/m0/s1. The fourth-order valence-electron chi connectivity index (χ4n) is 4.27. The minimum atomic E-state index is 0.0458. The Bertz CT molecular complexity index is 853. The second-order valence-corrected chi connectivity index (χ2v) is 6.72. The van der Waals surface area contributed by atoms with Crippen molar-refractivity contribution >= 4 is 5.52 Å². The summed E-state index contributed by atoms with van der Waals surface area (Å²) in [5.41, 5.74) is 2.05. The SMILES string of the molecule is c1cn2cncc2cc1-c1noc([C@@]23CCCC[C@@H]2NCC3)n1. The highest BCUT2D eigenvalue weighted by Gasteiger charge is 2.49. The number of aromatic nitrogens is 4. The van der Waals surface area contributed by atoms with E-state index in [-0.39, 0.29) is 5.41 Å². The smallest absolute Gasteiger partial charge is 0.234 e. The van der Waals surface area contributed by atoms with Crippen molar-refractivity contribution in [1.29, 1.82) is 0 Å². The van der Waals surface area contributed by atoms with Gasteiger partial charge in [-0.2, -0.15) is 4.98 Å². The fraction of sp³-hybridized carbons (Fsp3) is 0.471. The molecule has 1 aliphatic heterocycles. The zero-order valence-corrected chi connectivity index (χ0v) is 12.9. The normalized spacial score (nSPS) is 27.4. The largest absolute Gasteiger partial charge is 0.338 e. The predicted octanol–water partition coefficient (Wildman–Crippen LogP) is 2.56. The van der Waals surface area contributed by atoms with Crippen LogP contribution in [-0.4, -0.2) is 32.1 Å². The van der Waals surface area contributed by atoms with Crippen LogP contribution in [0.25, 0.3) is 16.9 Å². The highest BCUT2D eigenvalue weighted by molar-refractivity contribution is 5.62. The third kappa shape index (κ3) is 1.94. The van der Waals surface area contributed by atoms with Gasteiger partial charge in [0.1, 0.15) is 0 Å². The Morgan fingerprint density at radius 3 is 3.30 bits per heavy atom. The van der Waals surface area contributed by atoms with Gasteiger partial charge in [0.2, 0.25) is 11.7 Å². The van der Waals surface area contributed by atoms with E-state index in [1.54, 1.807) is 6.33 Å². The van der Waals surface area contributed by atoms with Gasteiger partial charge < -0.3 is 14.2 Å². The van der Waals surface area contributed by atoms with Gasteiger partial charge in [0.05, 0.1) is 23.5 Å². The molecule has 1 aliphatic carbocycles. The van der Waals surface area contributed by atoms with Crippen LogP contribution in [0.5, 0.6) is 0 Å². The number of fused-ring (bicyclic) bond motifs is 2. The zero-order valence-electron chi connectivity index (χ0n) is 12.9. The van der Waals surface area contributed by atoms with Gasteiger partial charge in [-0.25, -0.2) is 4.98 Å².